The fourth-order valence-electron chi connectivity index (χ4n) is 2.19. The van der Waals surface area contributed by atoms with Crippen LogP contribution in [0.3, 0.4) is 0 Å². The van der Waals surface area contributed by atoms with Crippen LogP contribution in [0.2, 0.25) is 5.02 Å². The van der Waals surface area contributed by atoms with E-state index in [2.05, 4.69) is 15.9 Å². The minimum atomic E-state index is -0.312. The van der Waals surface area contributed by atoms with Gasteiger partial charge >= 0.3 is 0 Å². The molecule has 124 valence electrons. The standard InChI is InChI=1S/C19H13ClFN3O/c1-2-13-10-23-19(24-18(13)22)14-6-7-17(16(20)9-14)25-11-12-4-3-5-15(21)8-12/h1,3-10H,11H2,(H2,22,23,24). The van der Waals surface area contributed by atoms with Gasteiger partial charge in [0, 0.05) is 11.8 Å². The van der Waals surface area contributed by atoms with Gasteiger partial charge in [-0.05, 0) is 35.9 Å². The highest BCUT2D eigenvalue weighted by Crippen LogP contribution is 2.30. The number of terminal acetylenes is 1. The number of ether oxygens (including phenoxy) is 1. The van der Waals surface area contributed by atoms with Crippen molar-refractivity contribution in [1.29, 1.82) is 0 Å². The van der Waals surface area contributed by atoms with Crippen molar-refractivity contribution in [2.24, 2.45) is 0 Å². The van der Waals surface area contributed by atoms with Gasteiger partial charge < -0.3 is 10.5 Å². The molecule has 2 aromatic carbocycles. The summed E-state index contributed by atoms with van der Waals surface area (Å²) < 4.78 is 18.8. The fraction of sp³-hybridized carbons (Fsp3) is 0.0526. The highest BCUT2D eigenvalue weighted by molar-refractivity contribution is 6.32. The van der Waals surface area contributed by atoms with Crippen molar-refractivity contribution in [3.8, 4) is 29.5 Å². The first-order valence-electron chi connectivity index (χ1n) is 7.33. The predicted octanol–water partition coefficient (Wildman–Crippen LogP) is 4.08. The van der Waals surface area contributed by atoms with E-state index in [1.54, 1.807) is 30.3 Å². The molecular weight excluding hydrogens is 341 g/mol. The maximum atomic E-state index is 13.2. The van der Waals surface area contributed by atoms with Gasteiger partial charge in [-0.3, -0.25) is 0 Å². The van der Waals surface area contributed by atoms with Crippen LogP contribution in [0.25, 0.3) is 11.4 Å². The van der Waals surface area contributed by atoms with Crippen LogP contribution in [0.4, 0.5) is 10.2 Å². The lowest BCUT2D eigenvalue weighted by atomic mass is 10.2. The molecule has 0 aliphatic carbocycles. The highest BCUT2D eigenvalue weighted by Gasteiger charge is 2.09. The van der Waals surface area contributed by atoms with Crippen molar-refractivity contribution >= 4 is 17.4 Å². The molecule has 0 aliphatic heterocycles. The zero-order chi connectivity index (χ0) is 17.8. The second-order valence-electron chi connectivity index (χ2n) is 5.20. The van der Waals surface area contributed by atoms with Crippen molar-refractivity contribution < 1.29 is 9.13 Å². The lowest BCUT2D eigenvalue weighted by Gasteiger charge is -2.10. The van der Waals surface area contributed by atoms with E-state index >= 15 is 0 Å². The molecule has 25 heavy (non-hydrogen) atoms. The van der Waals surface area contributed by atoms with Gasteiger partial charge in [-0.25, -0.2) is 14.4 Å². The molecule has 0 fully saturated rings. The van der Waals surface area contributed by atoms with Crippen molar-refractivity contribution in [2.75, 3.05) is 5.73 Å². The van der Waals surface area contributed by atoms with Crippen LogP contribution in [0.1, 0.15) is 11.1 Å². The van der Waals surface area contributed by atoms with E-state index in [9.17, 15) is 4.39 Å². The number of anilines is 1. The first-order chi connectivity index (χ1) is 12.1. The molecule has 1 aromatic heterocycles. The SMILES string of the molecule is C#Cc1cnc(-c2ccc(OCc3cccc(F)c3)c(Cl)c2)nc1N. The summed E-state index contributed by atoms with van der Waals surface area (Å²) in [5.41, 5.74) is 7.60. The van der Waals surface area contributed by atoms with Crippen LogP contribution in [-0.4, -0.2) is 9.97 Å². The number of hydrogen-bond donors (Lipinski definition) is 1. The van der Waals surface area contributed by atoms with Crippen LogP contribution in [0, 0.1) is 18.2 Å². The minimum absolute atomic E-state index is 0.205. The van der Waals surface area contributed by atoms with Gasteiger partial charge in [-0.15, -0.1) is 6.42 Å². The number of nitrogens with two attached hydrogens (primary N) is 1. The molecule has 6 heteroatoms. The molecule has 0 bridgehead atoms. The summed E-state index contributed by atoms with van der Waals surface area (Å²) in [4.78, 5) is 8.35. The maximum Gasteiger partial charge on any atom is 0.161 e. The van der Waals surface area contributed by atoms with Gasteiger partial charge in [0.2, 0.25) is 0 Å². The third-order valence-corrected chi connectivity index (χ3v) is 3.74. The molecular formula is C19H13ClFN3O. The average Bonchev–Trinajstić information content (AvgIpc) is 2.60. The van der Waals surface area contributed by atoms with Crippen molar-refractivity contribution in [3.05, 3.63) is 70.6 Å². The molecule has 0 aliphatic rings. The molecule has 1 heterocycles. The predicted molar refractivity (Wildman–Crippen MR) is 95.6 cm³/mol. The average molecular weight is 354 g/mol. The molecule has 0 saturated carbocycles. The van der Waals surface area contributed by atoms with E-state index in [0.29, 0.717) is 33.3 Å². The number of rotatable bonds is 4. The Kier molecular flexibility index (Phi) is 4.82. The second-order valence-corrected chi connectivity index (χ2v) is 5.61. The Balaban J connectivity index is 1.79. The Bertz CT molecular complexity index is 969. The summed E-state index contributed by atoms with van der Waals surface area (Å²) >= 11 is 6.26. The minimum Gasteiger partial charge on any atom is -0.487 e. The zero-order valence-electron chi connectivity index (χ0n) is 13.0. The monoisotopic (exact) mass is 353 g/mol. The van der Waals surface area contributed by atoms with E-state index < -0.39 is 0 Å². The van der Waals surface area contributed by atoms with Crippen LogP contribution in [0.15, 0.2) is 48.7 Å². The second kappa shape index (κ2) is 7.20. The molecule has 0 saturated heterocycles. The summed E-state index contributed by atoms with van der Waals surface area (Å²) in [7, 11) is 0. The number of halogens is 2. The molecule has 0 spiro atoms. The molecule has 0 atom stereocenters. The molecule has 3 aromatic rings. The van der Waals surface area contributed by atoms with Gasteiger partial charge in [-0.1, -0.05) is 29.7 Å². The smallest absolute Gasteiger partial charge is 0.161 e. The Hall–Kier alpha value is -3.10. The van der Waals surface area contributed by atoms with Gasteiger partial charge in [0.05, 0.1) is 10.6 Å². The molecule has 2 N–H and O–H groups in total. The lowest BCUT2D eigenvalue weighted by Crippen LogP contribution is -1.99. The van der Waals surface area contributed by atoms with Crippen LogP contribution in [0.5, 0.6) is 5.75 Å². The van der Waals surface area contributed by atoms with Crippen molar-refractivity contribution in [3.63, 3.8) is 0 Å². The van der Waals surface area contributed by atoms with Crippen molar-refractivity contribution in [2.45, 2.75) is 6.61 Å². The number of nitrogens with zero attached hydrogens (tertiary/aromatic N) is 2. The lowest BCUT2D eigenvalue weighted by molar-refractivity contribution is 0.306. The largest absolute Gasteiger partial charge is 0.487 e. The quantitative estimate of drug-likeness (QED) is 0.718. The number of aromatic nitrogens is 2. The van der Waals surface area contributed by atoms with Gasteiger partial charge in [-0.2, -0.15) is 0 Å². The number of benzene rings is 2. The van der Waals surface area contributed by atoms with Crippen molar-refractivity contribution in [1.82, 2.24) is 9.97 Å². The number of nitrogen functional groups attached to an aromatic ring is 1. The Morgan fingerprint density at radius 2 is 2.08 bits per heavy atom. The molecule has 0 amide bonds. The highest BCUT2D eigenvalue weighted by atomic mass is 35.5. The Labute approximate surface area is 149 Å². The van der Waals surface area contributed by atoms with E-state index in [4.69, 9.17) is 28.5 Å². The van der Waals surface area contributed by atoms with Gasteiger partial charge in [0.25, 0.3) is 0 Å². The van der Waals surface area contributed by atoms with E-state index in [0.717, 1.165) is 0 Å². The normalized spacial score (nSPS) is 10.3. The van der Waals surface area contributed by atoms with Gasteiger partial charge in [0.1, 0.15) is 24.0 Å². The fourth-order valence-corrected chi connectivity index (χ4v) is 2.43. The molecule has 4 nitrogen and oxygen atoms in total. The summed E-state index contributed by atoms with van der Waals surface area (Å²) in [5.74, 6) is 3.21. The summed E-state index contributed by atoms with van der Waals surface area (Å²) in [6.07, 6.45) is 6.79. The van der Waals surface area contributed by atoms with Crippen LogP contribution >= 0.6 is 11.6 Å². The zero-order valence-corrected chi connectivity index (χ0v) is 13.8. The van der Waals surface area contributed by atoms with Gasteiger partial charge in [0.15, 0.2) is 5.82 Å². The summed E-state index contributed by atoms with van der Waals surface area (Å²) in [5, 5.41) is 0.386. The van der Waals surface area contributed by atoms with Crippen LogP contribution < -0.4 is 10.5 Å². The molecule has 3 rings (SSSR count). The van der Waals surface area contributed by atoms with Crippen LogP contribution in [-0.2, 0) is 6.61 Å². The molecule has 0 radical (unpaired) electrons. The first kappa shape index (κ1) is 16.7. The topological polar surface area (TPSA) is 61.0 Å². The Morgan fingerprint density at radius 1 is 1.24 bits per heavy atom. The summed E-state index contributed by atoms with van der Waals surface area (Å²) in [6, 6.07) is 11.3. The maximum absolute atomic E-state index is 13.2. The van der Waals surface area contributed by atoms with E-state index in [1.807, 2.05) is 0 Å². The van der Waals surface area contributed by atoms with E-state index in [1.165, 1.54) is 18.3 Å². The van der Waals surface area contributed by atoms with E-state index in [-0.39, 0.29) is 18.2 Å². The summed E-state index contributed by atoms with van der Waals surface area (Å²) in [6.45, 7) is 0.205. The number of hydrogen-bond acceptors (Lipinski definition) is 4. The third-order valence-electron chi connectivity index (χ3n) is 3.45. The molecule has 0 unspecified atom stereocenters. The Morgan fingerprint density at radius 3 is 2.76 bits per heavy atom. The third kappa shape index (κ3) is 3.87. The first-order valence-corrected chi connectivity index (χ1v) is 7.71.